The predicted molar refractivity (Wildman–Crippen MR) is 50.3 cm³/mol. The number of aliphatic hydroxyl groups is 1. The minimum atomic E-state index is -0.280. The fourth-order valence-corrected chi connectivity index (χ4v) is 1.12. The van der Waals surface area contributed by atoms with Crippen LogP contribution in [0.25, 0.3) is 0 Å². The van der Waals surface area contributed by atoms with Crippen molar-refractivity contribution in [3.8, 4) is 0 Å². The maximum Gasteiger partial charge on any atom is 0.159 e. The molecule has 0 saturated carbocycles. The zero-order chi connectivity index (χ0) is 10.3. The number of allylic oxidation sites excluding steroid dienone is 2. The zero-order valence-electron chi connectivity index (χ0n) is 8.12. The fourth-order valence-electron chi connectivity index (χ4n) is 1.12. The summed E-state index contributed by atoms with van der Waals surface area (Å²) in [4.78, 5) is 21.8. The number of ketones is 2. The summed E-state index contributed by atoms with van der Waals surface area (Å²) in [5.41, 5.74) is 0. The van der Waals surface area contributed by atoms with Gasteiger partial charge in [0.2, 0.25) is 0 Å². The minimum Gasteiger partial charge on any atom is -0.396 e. The Balaban J connectivity index is 0.000000671. The van der Waals surface area contributed by atoms with Gasteiger partial charge in [-0.2, -0.15) is 0 Å². The molecule has 1 N–H and O–H groups in total. The van der Waals surface area contributed by atoms with Gasteiger partial charge in [-0.25, -0.2) is 0 Å². The van der Waals surface area contributed by atoms with Crippen molar-refractivity contribution in [1.29, 1.82) is 0 Å². The molecule has 3 heteroatoms. The topological polar surface area (TPSA) is 54.4 Å². The van der Waals surface area contributed by atoms with Gasteiger partial charge in [0.25, 0.3) is 0 Å². The Bertz CT molecular complexity index is 206. The summed E-state index contributed by atoms with van der Waals surface area (Å²) in [5.74, 6) is -0.348. The number of hydrogen-bond acceptors (Lipinski definition) is 3. The Hall–Kier alpha value is -0.960. The van der Waals surface area contributed by atoms with E-state index in [1.807, 2.05) is 13.8 Å². The lowest BCUT2D eigenvalue weighted by Crippen LogP contribution is -2.21. The van der Waals surface area contributed by atoms with Crippen LogP contribution in [0.1, 0.15) is 26.7 Å². The molecule has 0 aromatic heterocycles. The van der Waals surface area contributed by atoms with Crippen molar-refractivity contribution in [3.63, 3.8) is 0 Å². The van der Waals surface area contributed by atoms with Crippen molar-refractivity contribution in [3.05, 3.63) is 12.2 Å². The number of carbonyl (C=O) groups excluding carboxylic acids is 2. The van der Waals surface area contributed by atoms with E-state index in [0.717, 1.165) is 0 Å². The van der Waals surface area contributed by atoms with Gasteiger partial charge in [0.1, 0.15) is 0 Å². The smallest absolute Gasteiger partial charge is 0.159 e. The summed E-state index contributed by atoms with van der Waals surface area (Å²) >= 11 is 0. The molecule has 1 atom stereocenters. The summed E-state index contributed by atoms with van der Waals surface area (Å²) < 4.78 is 0. The van der Waals surface area contributed by atoms with Crippen molar-refractivity contribution >= 4 is 11.6 Å². The highest BCUT2D eigenvalue weighted by Gasteiger charge is 2.21. The third kappa shape index (κ3) is 3.99. The van der Waals surface area contributed by atoms with E-state index in [-0.39, 0.29) is 30.5 Å². The summed E-state index contributed by atoms with van der Waals surface area (Å²) in [6.07, 6.45) is 3.26. The third-order valence-electron chi connectivity index (χ3n) is 1.76. The van der Waals surface area contributed by atoms with E-state index in [9.17, 15) is 9.59 Å². The monoisotopic (exact) mass is 184 g/mol. The molecule has 1 rings (SSSR count). The van der Waals surface area contributed by atoms with E-state index in [1.165, 1.54) is 12.2 Å². The Kier molecular flexibility index (Phi) is 6.06. The minimum absolute atomic E-state index is 0.0250. The average molecular weight is 184 g/mol. The van der Waals surface area contributed by atoms with Crippen LogP contribution in [0.3, 0.4) is 0 Å². The molecule has 0 heterocycles. The van der Waals surface area contributed by atoms with Crippen LogP contribution in [0.2, 0.25) is 0 Å². The molecule has 0 saturated heterocycles. The molecule has 74 valence electrons. The van der Waals surface area contributed by atoms with Crippen molar-refractivity contribution in [2.75, 3.05) is 6.61 Å². The molecule has 1 aliphatic carbocycles. The van der Waals surface area contributed by atoms with Gasteiger partial charge in [-0.15, -0.1) is 0 Å². The molecular weight excluding hydrogens is 168 g/mol. The fraction of sp³-hybridized carbons (Fsp3) is 0.600. The first-order valence-electron chi connectivity index (χ1n) is 4.59. The van der Waals surface area contributed by atoms with Gasteiger partial charge in [0.05, 0.1) is 0 Å². The van der Waals surface area contributed by atoms with Gasteiger partial charge in [0.15, 0.2) is 11.6 Å². The van der Waals surface area contributed by atoms with Gasteiger partial charge in [-0.3, -0.25) is 9.59 Å². The molecule has 0 spiro atoms. The lowest BCUT2D eigenvalue weighted by Gasteiger charge is -2.13. The molecule has 0 radical (unpaired) electrons. The second kappa shape index (κ2) is 6.54. The second-order valence-corrected chi connectivity index (χ2v) is 2.62. The van der Waals surface area contributed by atoms with Crippen molar-refractivity contribution in [2.24, 2.45) is 5.92 Å². The summed E-state index contributed by atoms with van der Waals surface area (Å²) in [7, 11) is 0. The normalized spacial score (nSPS) is 21.0. The van der Waals surface area contributed by atoms with Crippen LogP contribution >= 0.6 is 0 Å². The highest BCUT2D eigenvalue weighted by atomic mass is 16.3. The summed E-state index contributed by atoms with van der Waals surface area (Å²) in [6, 6.07) is 0. The van der Waals surface area contributed by atoms with Crippen molar-refractivity contribution in [1.82, 2.24) is 0 Å². The molecule has 3 nitrogen and oxygen atoms in total. The first-order valence-corrected chi connectivity index (χ1v) is 4.59. The summed E-state index contributed by atoms with van der Waals surface area (Å²) in [5, 5.41) is 8.53. The third-order valence-corrected chi connectivity index (χ3v) is 1.76. The van der Waals surface area contributed by atoms with Crippen LogP contribution in [-0.2, 0) is 9.59 Å². The molecule has 1 unspecified atom stereocenters. The molecule has 0 aliphatic heterocycles. The van der Waals surface area contributed by atoms with Crippen LogP contribution in [0.15, 0.2) is 12.2 Å². The molecule has 1 aliphatic rings. The van der Waals surface area contributed by atoms with Crippen molar-refractivity contribution < 1.29 is 14.7 Å². The van der Waals surface area contributed by atoms with Gasteiger partial charge < -0.3 is 5.11 Å². The highest BCUT2D eigenvalue weighted by Crippen LogP contribution is 2.15. The molecule has 0 aromatic rings. The number of rotatable bonds is 2. The van der Waals surface area contributed by atoms with Crippen LogP contribution < -0.4 is 0 Å². The van der Waals surface area contributed by atoms with Gasteiger partial charge in [-0.1, -0.05) is 13.8 Å². The van der Waals surface area contributed by atoms with E-state index in [1.54, 1.807) is 0 Å². The van der Waals surface area contributed by atoms with Crippen molar-refractivity contribution in [2.45, 2.75) is 26.7 Å². The molecule has 0 amide bonds. The Morgan fingerprint density at radius 2 is 2.00 bits per heavy atom. The quantitative estimate of drug-likeness (QED) is 0.699. The second-order valence-electron chi connectivity index (χ2n) is 2.62. The van der Waals surface area contributed by atoms with Crippen LogP contribution in [0, 0.1) is 5.92 Å². The predicted octanol–water partition coefficient (Wildman–Crippen LogP) is 1.11. The lowest BCUT2D eigenvalue weighted by molar-refractivity contribution is -0.125. The molecule has 0 aromatic carbocycles. The van der Waals surface area contributed by atoms with Crippen LogP contribution in [0.5, 0.6) is 0 Å². The van der Waals surface area contributed by atoms with E-state index < -0.39 is 0 Å². The number of hydrogen-bond donors (Lipinski definition) is 1. The number of aliphatic hydroxyl groups excluding tert-OH is 1. The van der Waals surface area contributed by atoms with Gasteiger partial charge in [-0.05, 0) is 18.6 Å². The van der Waals surface area contributed by atoms with E-state index >= 15 is 0 Å². The SMILES string of the molecule is CC.O=C1C=CC(=O)C(CCO)C1. The molecule has 0 fully saturated rings. The first-order chi connectivity index (χ1) is 6.24. The average Bonchev–Trinajstić information content (AvgIpc) is 2.15. The largest absolute Gasteiger partial charge is 0.396 e. The maximum absolute atomic E-state index is 11.0. The van der Waals surface area contributed by atoms with Gasteiger partial charge >= 0.3 is 0 Å². The van der Waals surface area contributed by atoms with Crippen LogP contribution in [0.4, 0.5) is 0 Å². The van der Waals surface area contributed by atoms with E-state index in [4.69, 9.17) is 5.11 Å². The standard InChI is InChI=1S/C8H10O3.C2H6/c9-4-3-6-5-7(10)1-2-8(6)11;1-2/h1-2,6,9H,3-5H2;1-2H3. The maximum atomic E-state index is 11.0. The van der Waals surface area contributed by atoms with E-state index in [2.05, 4.69) is 0 Å². The Morgan fingerprint density at radius 1 is 1.38 bits per heavy atom. The zero-order valence-corrected chi connectivity index (χ0v) is 8.12. The Labute approximate surface area is 78.5 Å². The molecule has 0 bridgehead atoms. The van der Waals surface area contributed by atoms with E-state index in [0.29, 0.717) is 6.42 Å². The first kappa shape index (κ1) is 12.0. The van der Waals surface area contributed by atoms with Gasteiger partial charge in [0, 0.05) is 18.9 Å². The van der Waals surface area contributed by atoms with Crippen LogP contribution in [-0.4, -0.2) is 23.3 Å². The molecule has 13 heavy (non-hydrogen) atoms. The highest BCUT2D eigenvalue weighted by molar-refractivity contribution is 6.05. The Morgan fingerprint density at radius 3 is 2.54 bits per heavy atom. The molecular formula is C10H16O3. The lowest BCUT2D eigenvalue weighted by atomic mass is 9.90. The summed E-state index contributed by atoms with van der Waals surface area (Å²) in [6.45, 7) is 3.97. The number of carbonyl (C=O) groups is 2.